The number of pyridine rings is 1. The van der Waals surface area contributed by atoms with Gasteiger partial charge in [-0.05, 0) is 50.2 Å². The van der Waals surface area contributed by atoms with Crippen LogP contribution in [-0.4, -0.2) is 31.2 Å². The molecule has 20 heavy (non-hydrogen) atoms. The average Bonchev–Trinajstić information content (AvgIpc) is 2.57. The van der Waals surface area contributed by atoms with Gasteiger partial charge in [-0.15, -0.1) is 0 Å². The third kappa shape index (κ3) is 2.05. The van der Waals surface area contributed by atoms with Crippen LogP contribution in [0.15, 0.2) is 30.3 Å². The van der Waals surface area contributed by atoms with Crippen LogP contribution in [0.1, 0.15) is 27.7 Å². The predicted molar refractivity (Wildman–Crippen MR) is 82.8 cm³/mol. The standard InChI is InChI=1S/C15H17B2NO2/c1-14(2)15(3,4)20-17(19-14)11-6-5-7-12-10(11)8-9-13(16)18-12/h5-9H,1-4H3. The summed E-state index contributed by atoms with van der Waals surface area (Å²) in [4.78, 5) is 4.35. The lowest BCUT2D eigenvalue weighted by atomic mass is 9.76. The predicted octanol–water partition coefficient (Wildman–Crippen LogP) is 1.33. The van der Waals surface area contributed by atoms with Crippen LogP contribution in [0, 0.1) is 0 Å². The molecule has 3 nitrogen and oxygen atoms in total. The summed E-state index contributed by atoms with van der Waals surface area (Å²) in [6.45, 7) is 8.20. The highest BCUT2D eigenvalue weighted by Crippen LogP contribution is 2.36. The Hall–Kier alpha value is -1.32. The van der Waals surface area contributed by atoms with Crippen molar-refractivity contribution in [2.75, 3.05) is 0 Å². The van der Waals surface area contributed by atoms with Gasteiger partial charge in [0.2, 0.25) is 0 Å². The normalized spacial score (nSPS) is 20.5. The number of fused-ring (bicyclic) bond motifs is 1. The quantitative estimate of drug-likeness (QED) is 0.729. The first-order valence-corrected chi connectivity index (χ1v) is 6.81. The third-order valence-electron chi connectivity index (χ3n) is 4.29. The van der Waals surface area contributed by atoms with E-state index < -0.39 is 0 Å². The van der Waals surface area contributed by atoms with Crippen molar-refractivity contribution in [2.45, 2.75) is 38.9 Å². The maximum atomic E-state index is 6.11. The van der Waals surface area contributed by atoms with Gasteiger partial charge in [-0.3, -0.25) is 4.98 Å². The first kappa shape index (κ1) is 13.7. The molecule has 1 aromatic carbocycles. The molecule has 2 aromatic rings. The second kappa shape index (κ2) is 4.34. The van der Waals surface area contributed by atoms with E-state index in [-0.39, 0.29) is 18.3 Å². The molecule has 1 aromatic heterocycles. The molecule has 2 heterocycles. The number of aromatic nitrogens is 1. The molecule has 3 rings (SSSR count). The smallest absolute Gasteiger partial charge is 0.399 e. The number of hydrogen-bond donors (Lipinski definition) is 0. The summed E-state index contributed by atoms with van der Waals surface area (Å²) in [5.74, 6) is 0. The van der Waals surface area contributed by atoms with E-state index in [2.05, 4.69) is 4.98 Å². The minimum atomic E-state index is -0.380. The van der Waals surface area contributed by atoms with Gasteiger partial charge in [0.05, 0.1) is 16.7 Å². The Labute approximate surface area is 121 Å². The van der Waals surface area contributed by atoms with Crippen molar-refractivity contribution in [1.82, 2.24) is 4.98 Å². The van der Waals surface area contributed by atoms with Crippen molar-refractivity contribution < 1.29 is 9.31 Å². The zero-order valence-electron chi connectivity index (χ0n) is 12.3. The highest BCUT2D eigenvalue weighted by atomic mass is 16.7. The number of nitrogens with zero attached hydrogens (tertiary/aromatic N) is 1. The van der Waals surface area contributed by atoms with Gasteiger partial charge in [0, 0.05) is 0 Å². The van der Waals surface area contributed by atoms with E-state index in [4.69, 9.17) is 17.2 Å². The Balaban J connectivity index is 2.08. The van der Waals surface area contributed by atoms with Crippen LogP contribution in [0.5, 0.6) is 0 Å². The van der Waals surface area contributed by atoms with Gasteiger partial charge in [-0.1, -0.05) is 24.3 Å². The molecule has 0 saturated carbocycles. The first-order chi connectivity index (χ1) is 9.30. The minimum Gasteiger partial charge on any atom is -0.399 e. The number of rotatable bonds is 1. The summed E-state index contributed by atoms with van der Waals surface area (Å²) in [7, 11) is 5.36. The SMILES string of the molecule is [B]c1ccc2c(B3OC(C)(C)C(C)(C)O3)cccc2n1. The summed E-state index contributed by atoms with van der Waals surface area (Å²) in [6.07, 6.45) is 0. The molecule has 0 N–H and O–H groups in total. The zero-order chi connectivity index (χ0) is 14.5. The maximum absolute atomic E-state index is 6.11. The molecule has 1 aliphatic heterocycles. The molecule has 0 amide bonds. The van der Waals surface area contributed by atoms with Gasteiger partial charge in [0.15, 0.2) is 0 Å². The Morgan fingerprint density at radius 2 is 1.65 bits per heavy atom. The minimum absolute atomic E-state index is 0.346. The molecule has 1 aliphatic rings. The second-order valence-electron chi connectivity index (χ2n) is 6.24. The molecule has 0 bridgehead atoms. The van der Waals surface area contributed by atoms with E-state index >= 15 is 0 Å². The van der Waals surface area contributed by atoms with Gasteiger partial charge in [-0.2, -0.15) is 0 Å². The van der Waals surface area contributed by atoms with E-state index in [0.717, 1.165) is 16.4 Å². The highest BCUT2D eigenvalue weighted by Gasteiger charge is 2.52. The van der Waals surface area contributed by atoms with Crippen LogP contribution in [0.3, 0.4) is 0 Å². The van der Waals surface area contributed by atoms with E-state index in [0.29, 0.717) is 5.59 Å². The highest BCUT2D eigenvalue weighted by molar-refractivity contribution is 6.65. The third-order valence-corrected chi connectivity index (χ3v) is 4.29. The lowest BCUT2D eigenvalue weighted by Crippen LogP contribution is -2.41. The van der Waals surface area contributed by atoms with Gasteiger partial charge >= 0.3 is 7.12 Å². The summed E-state index contributed by atoms with van der Waals surface area (Å²) >= 11 is 0. The van der Waals surface area contributed by atoms with Crippen molar-refractivity contribution in [2.24, 2.45) is 0 Å². The molecule has 0 spiro atoms. The number of hydrogen-bond acceptors (Lipinski definition) is 3. The van der Waals surface area contributed by atoms with Crippen LogP contribution >= 0.6 is 0 Å². The number of benzene rings is 1. The van der Waals surface area contributed by atoms with Crippen LogP contribution in [-0.2, 0) is 9.31 Å². The monoisotopic (exact) mass is 265 g/mol. The van der Waals surface area contributed by atoms with Crippen molar-refractivity contribution >= 4 is 36.9 Å². The Morgan fingerprint density at radius 3 is 2.30 bits per heavy atom. The molecule has 100 valence electrons. The summed E-state index contributed by atoms with van der Waals surface area (Å²) < 4.78 is 12.2. The fraction of sp³-hybridized carbons (Fsp3) is 0.400. The van der Waals surface area contributed by atoms with Gasteiger partial charge in [0.1, 0.15) is 7.85 Å². The molecule has 0 aliphatic carbocycles. The van der Waals surface area contributed by atoms with Crippen molar-refractivity contribution in [3.63, 3.8) is 0 Å². The van der Waals surface area contributed by atoms with E-state index in [9.17, 15) is 0 Å². The van der Waals surface area contributed by atoms with Gasteiger partial charge < -0.3 is 9.31 Å². The van der Waals surface area contributed by atoms with E-state index in [1.807, 2.05) is 52.0 Å². The maximum Gasteiger partial charge on any atom is 0.495 e. The van der Waals surface area contributed by atoms with E-state index in [1.165, 1.54) is 0 Å². The van der Waals surface area contributed by atoms with Crippen LogP contribution < -0.4 is 11.1 Å². The Kier molecular flexibility index (Phi) is 2.96. The summed E-state index contributed by atoms with van der Waals surface area (Å²) in [5.41, 5.74) is 1.68. The zero-order valence-corrected chi connectivity index (χ0v) is 12.3. The topological polar surface area (TPSA) is 31.4 Å². The average molecular weight is 265 g/mol. The lowest BCUT2D eigenvalue weighted by Gasteiger charge is -2.32. The van der Waals surface area contributed by atoms with Crippen LogP contribution in [0.4, 0.5) is 0 Å². The van der Waals surface area contributed by atoms with Crippen molar-refractivity contribution in [3.8, 4) is 0 Å². The first-order valence-electron chi connectivity index (χ1n) is 6.81. The molecular weight excluding hydrogens is 248 g/mol. The van der Waals surface area contributed by atoms with E-state index in [1.54, 1.807) is 6.07 Å². The molecule has 5 heteroatoms. The molecule has 1 fully saturated rings. The summed E-state index contributed by atoms with van der Waals surface area (Å²) in [6, 6.07) is 9.69. The second-order valence-corrected chi connectivity index (χ2v) is 6.24. The van der Waals surface area contributed by atoms with Crippen LogP contribution in [0.25, 0.3) is 10.9 Å². The molecule has 0 unspecified atom stereocenters. The fourth-order valence-electron chi connectivity index (χ4n) is 2.37. The molecule has 0 atom stereocenters. The fourth-order valence-corrected chi connectivity index (χ4v) is 2.37. The lowest BCUT2D eigenvalue weighted by molar-refractivity contribution is 0.00578. The largest absolute Gasteiger partial charge is 0.495 e. The van der Waals surface area contributed by atoms with Crippen molar-refractivity contribution in [1.29, 1.82) is 0 Å². The Bertz CT molecular complexity index is 654. The summed E-state index contributed by atoms with van der Waals surface area (Å²) in [5, 5.41) is 1.01. The van der Waals surface area contributed by atoms with Gasteiger partial charge in [-0.25, -0.2) is 0 Å². The molecule has 1 saturated heterocycles. The molecular formula is C15H17B2NO2. The molecule has 2 radical (unpaired) electrons. The van der Waals surface area contributed by atoms with Gasteiger partial charge in [0.25, 0.3) is 0 Å². The van der Waals surface area contributed by atoms with Crippen LogP contribution in [0.2, 0.25) is 0 Å². The Morgan fingerprint density at radius 1 is 1.00 bits per heavy atom. The van der Waals surface area contributed by atoms with Crippen molar-refractivity contribution in [3.05, 3.63) is 30.3 Å².